The summed E-state index contributed by atoms with van der Waals surface area (Å²) < 4.78 is 33.8. The number of rotatable bonds is 4. The normalized spacial score (nSPS) is 17.3. The van der Waals surface area contributed by atoms with Crippen molar-refractivity contribution in [1.29, 1.82) is 0 Å². The van der Waals surface area contributed by atoms with Crippen LogP contribution in [0, 0.1) is 6.92 Å². The van der Waals surface area contributed by atoms with Gasteiger partial charge in [0.15, 0.2) is 0 Å². The molecule has 11 heteroatoms. The summed E-state index contributed by atoms with van der Waals surface area (Å²) in [4.78, 5) is 11.4. The maximum Gasteiger partial charge on any atom is 0.490 e. The number of aryl methyl sites for hydroxylation is 2. The van der Waals surface area contributed by atoms with Gasteiger partial charge >= 0.3 is 12.1 Å². The molecule has 1 aromatic heterocycles. The molecule has 3 aromatic rings. The number of alkyl halides is 3. The minimum absolute atomic E-state index is 0.167. The summed E-state index contributed by atoms with van der Waals surface area (Å²) in [5.74, 6) is -2.76. The first-order chi connectivity index (χ1) is 18.4. The third-order valence-corrected chi connectivity index (χ3v) is 7.20. The summed E-state index contributed by atoms with van der Waals surface area (Å²) in [6.45, 7) is 9.54. The number of hydrogen-bond acceptors (Lipinski definition) is 5. The Bertz CT molecular complexity index is 1370. The first kappa shape index (κ1) is 28.6. The standard InChI is InChI=1S/C26H30ClN5.C2HF3O2/c1-17(2)31-12-9-19(10-13-31)20-7-8-23-24(15-20)25(28-22-6-4-5-21(27)16-22)11-14-32-26(23)18(3)29-30-32;3-2(4,5)1(6)7/h4-9,15-17,25,28H,10-14H2,1-3H3;(H,6,7)/t25-;/m0./s1. The van der Waals surface area contributed by atoms with Crippen molar-refractivity contribution >= 4 is 28.8 Å². The van der Waals surface area contributed by atoms with Crippen molar-refractivity contribution in [1.82, 2.24) is 19.9 Å². The van der Waals surface area contributed by atoms with Gasteiger partial charge < -0.3 is 10.4 Å². The summed E-state index contributed by atoms with van der Waals surface area (Å²) in [7, 11) is 0. The highest BCUT2D eigenvalue weighted by molar-refractivity contribution is 6.30. The van der Waals surface area contributed by atoms with Gasteiger partial charge in [-0.25, -0.2) is 9.48 Å². The Balaban J connectivity index is 0.000000448. The summed E-state index contributed by atoms with van der Waals surface area (Å²) >= 11 is 6.26. The first-order valence-corrected chi connectivity index (χ1v) is 13.1. The molecule has 3 heterocycles. The smallest absolute Gasteiger partial charge is 0.475 e. The Labute approximate surface area is 230 Å². The van der Waals surface area contributed by atoms with Crippen molar-refractivity contribution in [2.24, 2.45) is 0 Å². The molecule has 39 heavy (non-hydrogen) atoms. The lowest BCUT2D eigenvalue weighted by molar-refractivity contribution is -0.192. The Kier molecular flexibility index (Phi) is 8.66. The van der Waals surface area contributed by atoms with E-state index in [0.29, 0.717) is 6.04 Å². The number of aromatic nitrogens is 3. The van der Waals surface area contributed by atoms with Crippen molar-refractivity contribution < 1.29 is 23.1 Å². The maximum atomic E-state index is 10.6. The van der Waals surface area contributed by atoms with Crippen molar-refractivity contribution in [3.63, 3.8) is 0 Å². The van der Waals surface area contributed by atoms with Gasteiger partial charge in [0, 0.05) is 41.9 Å². The molecule has 0 saturated carbocycles. The molecule has 1 atom stereocenters. The Hall–Kier alpha value is -3.37. The van der Waals surface area contributed by atoms with E-state index in [9.17, 15) is 13.2 Å². The molecule has 0 saturated heterocycles. The maximum absolute atomic E-state index is 10.6. The van der Waals surface area contributed by atoms with E-state index in [1.54, 1.807) is 0 Å². The van der Waals surface area contributed by atoms with Crippen molar-refractivity contribution in [3.05, 3.63) is 70.4 Å². The highest BCUT2D eigenvalue weighted by Gasteiger charge is 2.38. The predicted octanol–water partition coefficient (Wildman–Crippen LogP) is 6.59. The average molecular weight is 562 g/mol. The number of fused-ring (bicyclic) bond motifs is 3. The molecule has 0 bridgehead atoms. The second-order valence-electron chi connectivity index (χ2n) is 9.92. The van der Waals surface area contributed by atoms with Crippen LogP contribution in [0.5, 0.6) is 0 Å². The molecular formula is C28H31ClF3N5O2. The number of benzene rings is 2. The monoisotopic (exact) mass is 561 g/mol. The Morgan fingerprint density at radius 2 is 1.92 bits per heavy atom. The number of aliphatic carboxylic acids is 1. The molecule has 2 N–H and O–H groups in total. The third-order valence-electron chi connectivity index (χ3n) is 6.96. The van der Waals surface area contributed by atoms with E-state index >= 15 is 0 Å². The van der Waals surface area contributed by atoms with Gasteiger partial charge in [-0.15, -0.1) is 5.10 Å². The molecule has 0 unspecified atom stereocenters. The lowest BCUT2D eigenvalue weighted by Crippen LogP contribution is -2.34. The third kappa shape index (κ3) is 6.80. The Morgan fingerprint density at radius 3 is 2.54 bits per heavy atom. The number of carboxylic acid groups (broad SMARTS) is 1. The summed E-state index contributed by atoms with van der Waals surface area (Å²) in [5, 5.41) is 20.4. The van der Waals surface area contributed by atoms with E-state index in [1.165, 1.54) is 22.3 Å². The van der Waals surface area contributed by atoms with Crippen LogP contribution in [-0.4, -0.2) is 56.3 Å². The van der Waals surface area contributed by atoms with Crippen LogP contribution in [0.2, 0.25) is 5.02 Å². The predicted molar refractivity (Wildman–Crippen MR) is 146 cm³/mol. The first-order valence-electron chi connectivity index (χ1n) is 12.7. The molecule has 2 aliphatic heterocycles. The van der Waals surface area contributed by atoms with E-state index in [-0.39, 0.29) is 6.04 Å². The molecule has 0 fully saturated rings. The van der Waals surface area contributed by atoms with E-state index < -0.39 is 12.1 Å². The minimum Gasteiger partial charge on any atom is -0.475 e. The van der Waals surface area contributed by atoms with Crippen molar-refractivity contribution in [2.45, 2.75) is 58.4 Å². The second kappa shape index (κ2) is 11.8. The molecule has 0 spiro atoms. The topological polar surface area (TPSA) is 83.3 Å². The van der Waals surface area contributed by atoms with Crippen molar-refractivity contribution in [2.75, 3.05) is 18.4 Å². The van der Waals surface area contributed by atoms with Crippen LogP contribution in [0.3, 0.4) is 0 Å². The number of hydrogen-bond donors (Lipinski definition) is 2. The van der Waals surface area contributed by atoms with Gasteiger partial charge in [0.1, 0.15) is 0 Å². The lowest BCUT2D eigenvalue weighted by atomic mass is 9.90. The van der Waals surface area contributed by atoms with Crippen LogP contribution in [-0.2, 0) is 11.3 Å². The molecule has 2 aliphatic rings. The van der Waals surface area contributed by atoms with Gasteiger partial charge in [-0.05, 0) is 74.6 Å². The zero-order valence-electron chi connectivity index (χ0n) is 22.0. The van der Waals surface area contributed by atoms with Crippen LogP contribution in [0.15, 0.2) is 48.5 Å². The van der Waals surface area contributed by atoms with Gasteiger partial charge in [0.05, 0.1) is 17.4 Å². The summed E-state index contributed by atoms with van der Waals surface area (Å²) in [6, 6.07) is 15.6. The molecule has 208 valence electrons. The second-order valence-corrected chi connectivity index (χ2v) is 10.4. The van der Waals surface area contributed by atoms with Gasteiger partial charge in [0.25, 0.3) is 0 Å². The fourth-order valence-electron chi connectivity index (χ4n) is 4.91. The fourth-order valence-corrected chi connectivity index (χ4v) is 5.10. The number of anilines is 1. The Morgan fingerprint density at radius 1 is 1.18 bits per heavy atom. The van der Waals surface area contributed by atoms with Crippen LogP contribution < -0.4 is 5.32 Å². The summed E-state index contributed by atoms with van der Waals surface area (Å²) in [5.41, 5.74) is 8.44. The molecule has 0 aliphatic carbocycles. The lowest BCUT2D eigenvalue weighted by Gasteiger charge is -2.30. The quantitative estimate of drug-likeness (QED) is 0.374. The van der Waals surface area contributed by atoms with E-state index in [2.05, 4.69) is 64.7 Å². The number of nitrogens with one attached hydrogen (secondary N) is 1. The highest BCUT2D eigenvalue weighted by atomic mass is 35.5. The van der Waals surface area contributed by atoms with Gasteiger partial charge in [-0.1, -0.05) is 41.1 Å². The minimum atomic E-state index is -5.08. The number of halogens is 4. The van der Waals surface area contributed by atoms with Crippen molar-refractivity contribution in [3.8, 4) is 11.3 Å². The van der Waals surface area contributed by atoms with Crippen LogP contribution in [0.25, 0.3) is 16.8 Å². The van der Waals surface area contributed by atoms with Crippen LogP contribution >= 0.6 is 11.6 Å². The average Bonchev–Trinajstić information content (AvgIpc) is 3.18. The molecule has 2 aromatic carbocycles. The van der Waals surface area contributed by atoms with E-state index in [4.69, 9.17) is 21.5 Å². The fraction of sp³-hybridized carbons (Fsp3) is 0.393. The van der Waals surface area contributed by atoms with Crippen LogP contribution in [0.1, 0.15) is 49.6 Å². The molecule has 5 rings (SSSR count). The van der Waals surface area contributed by atoms with Gasteiger partial charge in [0.2, 0.25) is 0 Å². The number of nitrogens with zero attached hydrogens (tertiary/aromatic N) is 4. The molecular weight excluding hydrogens is 531 g/mol. The zero-order chi connectivity index (χ0) is 28.3. The van der Waals surface area contributed by atoms with Crippen LogP contribution in [0.4, 0.5) is 18.9 Å². The zero-order valence-corrected chi connectivity index (χ0v) is 22.7. The number of carboxylic acids is 1. The van der Waals surface area contributed by atoms with E-state index in [1.807, 2.05) is 29.8 Å². The van der Waals surface area contributed by atoms with E-state index in [0.717, 1.165) is 54.6 Å². The number of carbonyl (C=O) groups is 1. The SMILES string of the molecule is Cc1nnn2c1-c1ccc(C3=CCN(C(C)C)CC3)cc1[C@@H](Nc1cccc(Cl)c1)CC2.O=C(O)C(F)(F)F. The van der Waals surface area contributed by atoms with Gasteiger partial charge in [-0.2, -0.15) is 13.2 Å². The summed E-state index contributed by atoms with van der Waals surface area (Å²) in [6.07, 6.45) is -0.667. The largest absolute Gasteiger partial charge is 0.490 e. The highest BCUT2D eigenvalue weighted by Crippen LogP contribution is 2.39. The molecule has 0 amide bonds. The molecule has 7 nitrogen and oxygen atoms in total. The molecule has 0 radical (unpaired) electrons. The van der Waals surface area contributed by atoms with Gasteiger partial charge in [-0.3, -0.25) is 4.90 Å².